The molecule has 0 unspecified atom stereocenters. The first-order chi connectivity index (χ1) is 13.1. The predicted molar refractivity (Wildman–Crippen MR) is 108 cm³/mol. The van der Waals surface area contributed by atoms with Gasteiger partial charge in [0.05, 0.1) is 5.69 Å². The molecule has 0 radical (unpaired) electrons. The summed E-state index contributed by atoms with van der Waals surface area (Å²) in [5, 5.41) is 14.1. The quantitative estimate of drug-likeness (QED) is 0.776. The fraction of sp³-hybridized carbons (Fsp3) is 0.286. The Morgan fingerprint density at radius 3 is 2.41 bits per heavy atom. The number of piperazine rings is 1. The Morgan fingerprint density at radius 1 is 0.963 bits per heavy atom. The van der Waals surface area contributed by atoms with Gasteiger partial charge in [0.2, 0.25) is 0 Å². The number of amides is 1. The molecule has 1 N–H and O–H groups in total. The minimum atomic E-state index is -0.0524. The summed E-state index contributed by atoms with van der Waals surface area (Å²) in [7, 11) is 4.08. The molecule has 138 valence electrons. The molecule has 1 amide bonds. The second-order valence-electron chi connectivity index (χ2n) is 6.92. The number of carbonyl (C=O) groups is 1. The van der Waals surface area contributed by atoms with E-state index in [1.807, 2.05) is 37.2 Å². The average Bonchev–Trinajstić information content (AvgIpc) is 2.73. The number of rotatable bonds is 3. The lowest BCUT2D eigenvalue weighted by Gasteiger charge is -2.26. The fourth-order valence-electron chi connectivity index (χ4n) is 3.53. The van der Waals surface area contributed by atoms with Crippen LogP contribution in [0.5, 0.6) is 0 Å². The van der Waals surface area contributed by atoms with Crippen LogP contribution in [0, 0.1) is 0 Å². The van der Waals surface area contributed by atoms with E-state index in [9.17, 15) is 4.79 Å². The van der Waals surface area contributed by atoms with Crippen molar-refractivity contribution in [3.63, 3.8) is 0 Å². The third-order valence-electron chi connectivity index (χ3n) is 4.94. The van der Waals surface area contributed by atoms with E-state index >= 15 is 0 Å². The van der Waals surface area contributed by atoms with Gasteiger partial charge in [0, 0.05) is 56.9 Å². The van der Waals surface area contributed by atoms with Gasteiger partial charge >= 0.3 is 0 Å². The van der Waals surface area contributed by atoms with E-state index in [0.717, 1.165) is 35.4 Å². The largest absolute Gasteiger partial charge is 0.377 e. The Kier molecular flexibility index (Phi) is 4.73. The molecule has 4 rings (SSSR count). The number of hydrogen-bond acceptors (Lipinski definition) is 5. The standard InChI is InChI=1S/C21H23N5O/c1-25(2)20-8-4-5-15-16(6-3-7-17(15)20)18-9-10-19(24-23-18)21(27)26-13-11-22-12-14-26/h3-10,22H,11-14H2,1-2H3. The van der Waals surface area contributed by atoms with Crippen LogP contribution in [0.15, 0.2) is 48.5 Å². The number of nitrogens with one attached hydrogen (secondary N) is 1. The lowest BCUT2D eigenvalue weighted by Crippen LogP contribution is -2.46. The average molecular weight is 361 g/mol. The molecule has 6 nitrogen and oxygen atoms in total. The van der Waals surface area contributed by atoms with Crippen molar-refractivity contribution < 1.29 is 4.79 Å². The first kappa shape index (κ1) is 17.4. The summed E-state index contributed by atoms with van der Waals surface area (Å²) in [6.45, 7) is 3.06. The van der Waals surface area contributed by atoms with Gasteiger partial charge in [0.1, 0.15) is 0 Å². The van der Waals surface area contributed by atoms with Crippen LogP contribution in [0.2, 0.25) is 0 Å². The molecule has 27 heavy (non-hydrogen) atoms. The molecule has 6 heteroatoms. The molecule has 1 aliphatic rings. The minimum Gasteiger partial charge on any atom is -0.377 e. The summed E-state index contributed by atoms with van der Waals surface area (Å²) in [5.41, 5.74) is 3.35. The molecule has 2 aromatic carbocycles. The second kappa shape index (κ2) is 7.32. The molecular formula is C21H23N5O. The van der Waals surface area contributed by atoms with Crippen LogP contribution < -0.4 is 10.2 Å². The molecule has 1 aromatic heterocycles. The van der Waals surface area contributed by atoms with E-state index in [-0.39, 0.29) is 5.91 Å². The van der Waals surface area contributed by atoms with Crippen LogP contribution in [-0.2, 0) is 0 Å². The minimum absolute atomic E-state index is 0.0524. The zero-order valence-corrected chi connectivity index (χ0v) is 15.6. The third-order valence-corrected chi connectivity index (χ3v) is 4.94. The summed E-state index contributed by atoms with van der Waals surface area (Å²) in [5.74, 6) is -0.0524. The molecule has 0 aliphatic carbocycles. The Balaban J connectivity index is 1.68. The molecule has 1 saturated heterocycles. The number of benzene rings is 2. The Labute approximate surface area is 158 Å². The van der Waals surface area contributed by atoms with Crippen molar-refractivity contribution in [3.05, 3.63) is 54.2 Å². The number of hydrogen-bond donors (Lipinski definition) is 1. The van der Waals surface area contributed by atoms with Crippen LogP contribution >= 0.6 is 0 Å². The zero-order chi connectivity index (χ0) is 18.8. The number of nitrogens with zero attached hydrogens (tertiary/aromatic N) is 4. The summed E-state index contributed by atoms with van der Waals surface area (Å²) in [6.07, 6.45) is 0. The van der Waals surface area contributed by atoms with Crippen molar-refractivity contribution in [2.45, 2.75) is 0 Å². The van der Waals surface area contributed by atoms with Crippen molar-refractivity contribution in [3.8, 4) is 11.3 Å². The molecule has 0 saturated carbocycles. The van der Waals surface area contributed by atoms with Gasteiger partial charge in [-0.25, -0.2) is 0 Å². The van der Waals surface area contributed by atoms with Crippen LogP contribution in [0.3, 0.4) is 0 Å². The van der Waals surface area contributed by atoms with Crippen molar-refractivity contribution in [1.29, 1.82) is 0 Å². The maximum atomic E-state index is 12.6. The number of anilines is 1. The summed E-state index contributed by atoms with van der Waals surface area (Å²) in [4.78, 5) is 16.5. The Hall–Kier alpha value is -2.99. The lowest BCUT2D eigenvalue weighted by molar-refractivity contribution is 0.0728. The molecule has 0 atom stereocenters. The molecule has 3 aromatic rings. The molecule has 1 fully saturated rings. The first-order valence-electron chi connectivity index (χ1n) is 9.18. The van der Waals surface area contributed by atoms with Crippen LogP contribution in [-0.4, -0.2) is 61.3 Å². The summed E-state index contributed by atoms with van der Waals surface area (Å²) < 4.78 is 0. The van der Waals surface area contributed by atoms with E-state index in [0.29, 0.717) is 18.8 Å². The van der Waals surface area contributed by atoms with Crippen molar-refractivity contribution in [2.75, 3.05) is 45.2 Å². The van der Waals surface area contributed by atoms with E-state index in [2.05, 4.69) is 44.7 Å². The maximum Gasteiger partial charge on any atom is 0.274 e. The predicted octanol–water partition coefficient (Wildman–Crippen LogP) is 2.41. The monoisotopic (exact) mass is 361 g/mol. The van der Waals surface area contributed by atoms with Gasteiger partial charge in [-0.1, -0.05) is 30.3 Å². The van der Waals surface area contributed by atoms with Gasteiger partial charge in [-0.3, -0.25) is 4.79 Å². The second-order valence-corrected chi connectivity index (χ2v) is 6.92. The van der Waals surface area contributed by atoms with Gasteiger partial charge in [-0.15, -0.1) is 10.2 Å². The summed E-state index contributed by atoms with van der Waals surface area (Å²) >= 11 is 0. The van der Waals surface area contributed by atoms with Gasteiger partial charge in [-0.05, 0) is 23.6 Å². The van der Waals surface area contributed by atoms with Gasteiger partial charge in [0.15, 0.2) is 5.69 Å². The molecule has 2 heterocycles. The van der Waals surface area contributed by atoms with Crippen LogP contribution in [0.1, 0.15) is 10.5 Å². The van der Waals surface area contributed by atoms with E-state index < -0.39 is 0 Å². The highest BCUT2D eigenvalue weighted by atomic mass is 16.2. The number of aromatic nitrogens is 2. The zero-order valence-electron chi connectivity index (χ0n) is 15.6. The van der Waals surface area contributed by atoms with E-state index in [1.165, 1.54) is 5.39 Å². The number of fused-ring (bicyclic) bond motifs is 1. The Bertz CT molecular complexity index is 962. The van der Waals surface area contributed by atoms with E-state index in [4.69, 9.17) is 0 Å². The highest BCUT2D eigenvalue weighted by Gasteiger charge is 2.19. The van der Waals surface area contributed by atoms with Crippen molar-refractivity contribution >= 4 is 22.4 Å². The van der Waals surface area contributed by atoms with Gasteiger partial charge < -0.3 is 15.1 Å². The van der Waals surface area contributed by atoms with Gasteiger partial charge in [-0.2, -0.15) is 0 Å². The number of carbonyl (C=O) groups excluding carboxylic acids is 1. The first-order valence-corrected chi connectivity index (χ1v) is 9.18. The smallest absolute Gasteiger partial charge is 0.274 e. The third kappa shape index (κ3) is 3.36. The highest BCUT2D eigenvalue weighted by Crippen LogP contribution is 2.32. The van der Waals surface area contributed by atoms with Gasteiger partial charge in [0.25, 0.3) is 5.91 Å². The normalized spacial score (nSPS) is 14.4. The van der Waals surface area contributed by atoms with Crippen LogP contribution in [0.25, 0.3) is 22.0 Å². The lowest BCUT2D eigenvalue weighted by atomic mass is 10.0. The molecule has 1 aliphatic heterocycles. The maximum absolute atomic E-state index is 12.6. The molecule has 0 bridgehead atoms. The highest BCUT2D eigenvalue weighted by molar-refractivity contribution is 6.02. The molecular weight excluding hydrogens is 338 g/mol. The SMILES string of the molecule is CN(C)c1cccc2c(-c3ccc(C(=O)N4CCNCC4)nn3)cccc12. The van der Waals surface area contributed by atoms with Crippen molar-refractivity contribution in [2.24, 2.45) is 0 Å². The molecule has 0 spiro atoms. The van der Waals surface area contributed by atoms with Crippen LogP contribution in [0.4, 0.5) is 5.69 Å². The topological polar surface area (TPSA) is 61.4 Å². The fourth-order valence-corrected chi connectivity index (χ4v) is 3.53. The Morgan fingerprint density at radius 2 is 1.70 bits per heavy atom. The summed E-state index contributed by atoms with van der Waals surface area (Å²) in [6, 6.07) is 16.1. The van der Waals surface area contributed by atoms with Crippen molar-refractivity contribution in [1.82, 2.24) is 20.4 Å². The van der Waals surface area contributed by atoms with E-state index in [1.54, 1.807) is 6.07 Å².